The van der Waals surface area contributed by atoms with Crippen molar-refractivity contribution in [3.8, 4) is 0 Å². The molecule has 1 amide bonds. The van der Waals surface area contributed by atoms with Crippen molar-refractivity contribution in [1.82, 2.24) is 29.4 Å². The predicted octanol–water partition coefficient (Wildman–Crippen LogP) is 0.853. The number of aryl methyl sites for hydroxylation is 2. The number of hydrogen-bond donors (Lipinski definition) is 0. The van der Waals surface area contributed by atoms with Crippen LogP contribution >= 0.6 is 0 Å². The summed E-state index contributed by atoms with van der Waals surface area (Å²) in [6.45, 7) is 7.06. The van der Waals surface area contributed by atoms with Crippen molar-refractivity contribution in [2.45, 2.75) is 39.2 Å². The molecule has 142 valence electrons. The van der Waals surface area contributed by atoms with E-state index >= 15 is 0 Å². The number of likely N-dealkylation sites (tertiary alicyclic amines) is 1. The Bertz CT molecular complexity index is 766. The predicted molar refractivity (Wildman–Crippen MR) is 98.1 cm³/mol. The van der Waals surface area contributed by atoms with Crippen LogP contribution in [0.2, 0.25) is 0 Å². The molecule has 2 aromatic heterocycles. The van der Waals surface area contributed by atoms with E-state index in [1.807, 2.05) is 24.8 Å². The molecule has 8 nitrogen and oxygen atoms in total. The van der Waals surface area contributed by atoms with Crippen LogP contribution in [-0.2, 0) is 16.0 Å². The van der Waals surface area contributed by atoms with Crippen LogP contribution in [-0.4, -0.2) is 81.7 Å². The van der Waals surface area contributed by atoms with Crippen LogP contribution in [0.1, 0.15) is 30.1 Å². The normalized spacial score (nSPS) is 16.3. The summed E-state index contributed by atoms with van der Waals surface area (Å²) in [5, 5.41) is 4.47. The van der Waals surface area contributed by atoms with Crippen LogP contribution in [0.5, 0.6) is 0 Å². The van der Waals surface area contributed by atoms with Gasteiger partial charge < -0.3 is 14.5 Å². The molecule has 0 aromatic carbocycles. The Labute approximate surface area is 154 Å². The van der Waals surface area contributed by atoms with Gasteiger partial charge in [0.25, 0.3) is 5.78 Å². The fourth-order valence-corrected chi connectivity index (χ4v) is 3.53. The number of fused-ring (bicyclic) bond motifs is 1. The number of amides is 1. The molecule has 1 aliphatic heterocycles. The molecule has 0 unspecified atom stereocenters. The number of carbonyl (C=O) groups excluding carboxylic acids is 1. The number of piperidine rings is 1. The zero-order valence-corrected chi connectivity index (χ0v) is 16.1. The van der Waals surface area contributed by atoms with Crippen molar-refractivity contribution in [1.29, 1.82) is 0 Å². The van der Waals surface area contributed by atoms with Gasteiger partial charge in [0.2, 0.25) is 5.91 Å². The Morgan fingerprint density at radius 3 is 2.73 bits per heavy atom. The number of methoxy groups -OCH3 is 1. The lowest BCUT2D eigenvalue weighted by atomic mass is 10.0. The third-order valence-electron chi connectivity index (χ3n) is 4.96. The van der Waals surface area contributed by atoms with Gasteiger partial charge in [-0.2, -0.15) is 4.98 Å². The molecule has 0 aliphatic carbocycles. The minimum Gasteiger partial charge on any atom is -0.383 e. The first-order valence-corrected chi connectivity index (χ1v) is 9.14. The molecule has 1 fully saturated rings. The number of nitrogens with zero attached hydrogens (tertiary/aromatic N) is 6. The molecular weight excluding hydrogens is 332 g/mol. The molecule has 2 aromatic rings. The summed E-state index contributed by atoms with van der Waals surface area (Å²) in [7, 11) is 3.78. The van der Waals surface area contributed by atoms with E-state index in [0.29, 0.717) is 24.8 Å². The third kappa shape index (κ3) is 4.19. The number of rotatable bonds is 6. The van der Waals surface area contributed by atoms with Crippen molar-refractivity contribution in [3.05, 3.63) is 23.3 Å². The molecule has 26 heavy (non-hydrogen) atoms. The van der Waals surface area contributed by atoms with Gasteiger partial charge in [0.15, 0.2) is 5.82 Å². The number of hydrogen-bond acceptors (Lipinski definition) is 6. The monoisotopic (exact) mass is 360 g/mol. The highest BCUT2D eigenvalue weighted by atomic mass is 16.5. The minimum atomic E-state index is 0.0573. The first-order chi connectivity index (χ1) is 12.5. The fraction of sp³-hybridized carbons (Fsp3) is 0.667. The summed E-state index contributed by atoms with van der Waals surface area (Å²) in [6, 6.07) is 2.21. The van der Waals surface area contributed by atoms with E-state index in [1.54, 1.807) is 11.6 Å². The van der Waals surface area contributed by atoms with Gasteiger partial charge in [0, 0.05) is 31.1 Å². The van der Waals surface area contributed by atoms with Crippen molar-refractivity contribution in [2.75, 3.05) is 40.4 Å². The largest absolute Gasteiger partial charge is 0.383 e. The third-order valence-corrected chi connectivity index (χ3v) is 4.96. The molecule has 1 aliphatic rings. The van der Waals surface area contributed by atoms with E-state index < -0.39 is 0 Å². The zero-order valence-electron chi connectivity index (χ0n) is 16.1. The van der Waals surface area contributed by atoms with Crippen LogP contribution in [0.4, 0.5) is 0 Å². The van der Waals surface area contributed by atoms with E-state index in [-0.39, 0.29) is 18.4 Å². The van der Waals surface area contributed by atoms with Crippen molar-refractivity contribution in [2.24, 2.45) is 0 Å². The topological polar surface area (TPSA) is 75.9 Å². The summed E-state index contributed by atoms with van der Waals surface area (Å²) < 4.78 is 6.91. The van der Waals surface area contributed by atoms with Crippen molar-refractivity contribution in [3.63, 3.8) is 0 Å². The van der Waals surface area contributed by atoms with Gasteiger partial charge in [-0.05, 0) is 52.9 Å². The Hall–Kier alpha value is -2.06. The number of ether oxygens (including phenoxy) is 1. The van der Waals surface area contributed by atoms with Crippen molar-refractivity contribution < 1.29 is 9.53 Å². The Morgan fingerprint density at radius 1 is 1.31 bits per heavy atom. The molecule has 1 saturated heterocycles. The van der Waals surface area contributed by atoms with Gasteiger partial charge in [-0.15, -0.1) is 5.10 Å². The second-order valence-corrected chi connectivity index (χ2v) is 7.07. The maximum Gasteiger partial charge on any atom is 0.252 e. The maximum absolute atomic E-state index is 13.0. The lowest BCUT2D eigenvalue weighted by Crippen LogP contribution is -2.48. The molecule has 0 bridgehead atoms. The Morgan fingerprint density at radius 2 is 2.04 bits per heavy atom. The smallest absolute Gasteiger partial charge is 0.252 e. The molecule has 0 radical (unpaired) electrons. The number of carbonyl (C=O) groups is 1. The number of aromatic nitrogens is 4. The average molecular weight is 360 g/mol. The van der Waals surface area contributed by atoms with E-state index in [0.717, 1.165) is 37.3 Å². The first-order valence-electron chi connectivity index (χ1n) is 9.14. The van der Waals surface area contributed by atoms with Crippen molar-refractivity contribution >= 4 is 11.7 Å². The van der Waals surface area contributed by atoms with Gasteiger partial charge >= 0.3 is 0 Å². The van der Waals surface area contributed by atoms with Crippen LogP contribution in [0, 0.1) is 13.8 Å². The minimum absolute atomic E-state index is 0.0573. The lowest BCUT2D eigenvalue weighted by molar-refractivity contribution is -0.134. The molecule has 0 N–H and O–H groups in total. The zero-order chi connectivity index (χ0) is 18.7. The summed E-state index contributed by atoms with van der Waals surface area (Å²) in [5.74, 6) is 1.13. The van der Waals surface area contributed by atoms with E-state index in [4.69, 9.17) is 4.74 Å². The SMILES string of the molecule is COCCN(C(=O)Cc1nc2nc(C)cc(C)n2n1)C1CCN(C)CC1. The Kier molecular flexibility index (Phi) is 5.83. The van der Waals surface area contributed by atoms with E-state index in [1.165, 1.54) is 0 Å². The summed E-state index contributed by atoms with van der Waals surface area (Å²) in [4.78, 5) is 26.1. The molecule has 8 heteroatoms. The van der Waals surface area contributed by atoms with Crippen LogP contribution in [0.25, 0.3) is 5.78 Å². The Balaban J connectivity index is 1.75. The van der Waals surface area contributed by atoms with Gasteiger partial charge in [-0.1, -0.05) is 0 Å². The van der Waals surface area contributed by atoms with Gasteiger partial charge in [0.05, 0.1) is 13.0 Å². The highest BCUT2D eigenvalue weighted by Gasteiger charge is 2.27. The molecule has 3 rings (SSSR count). The summed E-state index contributed by atoms with van der Waals surface area (Å²) in [6.07, 6.45) is 2.17. The highest BCUT2D eigenvalue weighted by molar-refractivity contribution is 5.78. The second-order valence-electron chi connectivity index (χ2n) is 7.07. The quantitative estimate of drug-likeness (QED) is 0.760. The van der Waals surface area contributed by atoms with Crippen LogP contribution < -0.4 is 0 Å². The van der Waals surface area contributed by atoms with Gasteiger partial charge in [0.1, 0.15) is 0 Å². The highest BCUT2D eigenvalue weighted by Crippen LogP contribution is 2.17. The second kappa shape index (κ2) is 8.09. The van der Waals surface area contributed by atoms with E-state index in [9.17, 15) is 4.79 Å². The lowest BCUT2D eigenvalue weighted by Gasteiger charge is -2.37. The van der Waals surface area contributed by atoms with Gasteiger partial charge in [-0.3, -0.25) is 4.79 Å². The molecule has 3 heterocycles. The van der Waals surface area contributed by atoms with Gasteiger partial charge in [-0.25, -0.2) is 9.50 Å². The maximum atomic E-state index is 13.0. The first kappa shape index (κ1) is 18.7. The molecule has 0 spiro atoms. The summed E-state index contributed by atoms with van der Waals surface area (Å²) in [5.41, 5.74) is 1.86. The summed E-state index contributed by atoms with van der Waals surface area (Å²) >= 11 is 0. The van der Waals surface area contributed by atoms with E-state index in [2.05, 4.69) is 27.0 Å². The van der Waals surface area contributed by atoms with Crippen LogP contribution in [0.15, 0.2) is 6.07 Å². The molecular formula is C18H28N6O2. The molecule has 0 atom stereocenters. The standard InChI is InChI=1S/C18H28N6O2/c1-13-11-14(2)24-18(19-13)20-16(21-24)12-17(25)23(9-10-26-4)15-5-7-22(3)8-6-15/h11,15H,5-10,12H2,1-4H3. The van der Waals surface area contributed by atoms with Crippen LogP contribution in [0.3, 0.4) is 0 Å². The molecule has 0 saturated carbocycles. The fourth-order valence-electron chi connectivity index (χ4n) is 3.53. The average Bonchev–Trinajstić information content (AvgIpc) is 2.99.